The zero-order valence-electron chi connectivity index (χ0n) is 13.2. The first-order valence-corrected chi connectivity index (χ1v) is 7.22. The van der Waals surface area contributed by atoms with Crippen LogP contribution >= 0.6 is 24.8 Å². The summed E-state index contributed by atoms with van der Waals surface area (Å²) in [6.45, 7) is 4.35. The molecule has 0 aliphatic carbocycles. The van der Waals surface area contributed by atoms with Crippen molar-refractivity contribution < 1.29 is 13.9 Å². The average molecular weight is 368 g/mol. The summed E-state index contributed by atoms with van der Waals surface area (Å²) < 4.78 is 18.9. The lowest BCUT2D eigenvalue weighted by atomic mass is 10.1. The maximum Gasteiger partial charge on any atom is 0.253 e. The number of hydrogen-bond donors (Lipinski definition) is 3. The summed E-state index contributed by atoms with van der Waals surface area (Å²) in [6.07, 6.45) is 0.820. The second-order valence-corrected chi connectivity index (χ2v) is 5.54. The van der Waals surface area contributed by atoms with Gasteiger partial charge in [-0.2, -0.15) is 0 Å². The van der Waals surface area contributed by atoms with Crippen LogP contribution in [0, 0.1) is 5.82 Å². The second-order valence-electron chi connectivity index (χ2n) is 5.54. The molecule has 1 heterocycles. The maximum atomic E-state index is 13.4. The van der Waals surface area contributed by atoms with Crippen molar-refractivity contribution in [1.29, 1.82) is 0 Å². The van der Waals surface area contributed by atoms with Gasteiger partial charge in [0.2, 0.25) is 0 Å². The van der Waals surface area contributed by atoms with Gasteiger partial charge in [-0.15, -0.1) is 24.8 Å². The molecule has 0 spiro atoms. The molecule has 2 atom stereocenters. The fourth-order valence-electron chi connectivity index (χ4n) is 2.34. The van der Waals surface area contributed by atoms with E-state index >= 15 is 0 Å². The van der Waals surface area contributed by atoms with Gasteiger partial charge >= 0.3 is 0 Å². The van der Waals surface area contributed by atoms with Gasteiger partial charge in [0.15, 0.2) is 0 Å². The third-order valence-corrected chi connectivity index (χ3v) is 3.35. The van der Waals surface area contributed by atoms with Crippen molar-refractivity contribution in [2.24, 2.45) is 5.73 Å². The number of nitrogens with two attached hydrogens (primary N) is 1. The topological polar surface area (TPSA) is 76.4 Å². The summed E-state index contributed by atoms with van der Waals surface area (Å²) in [5.41, 5.74) is 6.64. The SMILES string of the molecule is CC(C)Nc1ccc(F)cc1NC(=O)[C@@H]1CC[C@H](CN)O1.Cl.Cl. The zero-order valence-corrected chi connectivity index (χ0v) is 14.8. The van der Waals surface area contributed by atoms with E-state index in [1.54, 1.807) is 6.07 Å². The molecule has 0 radical (unpaired) electrons. The van der Waals surface area contributed by atoms with Crippen LogP contribution in [0.5, 0.6) is 0 Å². The molecule has 5 nitrogen and oxygen atoms in total. The Morgan fingerprint density at radius 1 is 1.35 bits per heavy atom. The molecule has 1 aliphatic rings. The van der Waals surface area contributed by atoms with E-state index in [9.17, 15) is 9.18 Å². The minimum Gasteiger partial charge on any atom is -0.381 e. The Bertz CT molecular complexity index is 517. The van der Waals surface area contributed by atoms with Crippen molar-refractivity contribution in [3.63, 3.8) is 0 Å². The Labute approximate surface area is 148 Å². The van der Waals surface area contributed by atoms with Gasteiger partial charge in [0, 0.05) is 12.6 Å². The van der Waals surface area contributed by atoms with Crippen molar-refractivity contribution >= 4 is 42.1 Å². The molecule has 0 saturated carbocycles. The standard InChI is InChI=1S/C15H22FN3O2.2ClH/c1-9(2)18-12-5-3-10(16)7-13(12)19-15(20)14-6-4-11(8-17)21-14;;/h3,5,7,9,11,14,18H,4,6,8,17H2,1-2H3,(H,19,20);2*1H/t11-,14+;;/m1../s1. The first-order chi connectivity index (χ1) is 9.99. The lowest BCUT2D eigenvalue weighted by Crippen LogP contribution is -2.30. The molecule has 0 unspecified atom stereocenters. The minimum absolute atomic E-state index is 0. The number of hydrogen-bond acceptors (Lipinski definition) is 4. The lowest BCUT2D eigenvalue weighted by molar-refractivity contribution is -0.126. The van der Waals surface area contributed by atoms with Gasteiger partial charge in [-0.3, -0.25) is 4.79 Å². The molecular weight excluding hydrogens is 344 g/mol. The fourth-order valence-corrected chi connectivity index (χ4v) is 2.34. The van der Waals surface area contributed by atoms with Crippen molar-refractivity contribution in [1.82, 2.24) is 0 Å². The van der Waals surface area contributed by atoms with Crippen LogP contribution in [0.3, 0.4) is 0 Å². The van der Waals surface area contributed by atoms with Gasteiger partial charge in [-0.25, -0.2) is 4.39 Å². The van der Waals surface area contributed by atoms with E-state index in [0.29, 0.717) is 24.3 Å². The summed E-state index contributed by atoms with van der Waals surface area (Å²) >= 11 is 0. The fraction of sp³-hybridized carbons (Fsp3) is 0.533. The van der Waals surface area contributed by atoms with Crippen LogP contribution in [0.1, 0.15) is 26.7 Å². The number of rotatable bonds is 5. The highest BCUT2D eigenvalue weighted by atomic mass is 35.5. The number of amides is 1. The van der Waals surface area contributed by atoms with Crippen LogP contribution in [0.25, 0.3) is 0 Å². The molecule has 132 valence electrons. The molecular formula is C15H24Cl2FN3O2. The Hall–Kier alpha value is -1.08. The molecule has 0 aromatic heterocycles. The van der Waals surface area contributed by atoms with Gasteiger partial charge < -0.3 is 21.1 Å². The lowest BCUT2D eigenvalue weighted by Gasteiger charge is -2.17. The predicted octanol–water partition coefficient (Wildman–Crippen LogP) is 2.93. The van der Waals surface area contributed by atoms with E-state index in [4.69, 9.17) is 10.5 Å². The molecule has 1 fully saturated rings. The second kappa shape index (κ2) is 9.93. The van der Waals surface area contributed by atoms with Gasteiger partial charge in [-0.05, 0) is 44.9 Å². The van der Waals surface area contributed by atoms with Crippen LogP contribution in [0.15, 0.2) is 18.2 Å². The number of benzene rings is 1. The minimum atomic E-state index is -0.520. The molecule has 8 heteroatoms. The number of nitrogens with one attached hydrogen (secondary N) is 2. The molecule has 1 aliphatic heterocycles. The third kappa shape index (κ3) is 6.14. The van der Waals surface area contributed by atoms with E-state index in [1.807, 2.05) is 13.8 Å². The summed E-state index contributed by atoms with van der Waals surface area (Å²) in [7, 11) is 0. The Balaban J connectivity index is 0.00000242. The summed E-state index contributed by atoms with van der Waals surface area (Å²) in [5.74, 6) is -0.657. The molecule has 1 amide bonds. The smallest absolute Gasteiger partial charge is 0.253 e. The first-order valence-electron chi connectivity index (χ1n) is 7.22. The highest BCUT2D eigenvalue weighted by Gasteiger charge is 2.30. The van der Waals surface area contributed by atoms with Crippen molar-refractivity contribution in [3.8, 4) is 0 Å². The molecule has 1 aromatic rings. The van der Waals surface area contributed by atoms with Crippen molar-refractivity contribution in [2.75, 3.05) is 17.2 Å². The van der Waals surface area contributed by atoms with Gasteiger partial charge in [0.05, 0.1) is 17.5 Å². The number of ether oxygens (including phenoxy) is 1. The molecule has 2 rings (SSSR count). The quantitative estimate of drug-likeness (QED) is 0.747. The summed E-state index contributed by atoms with van der Waals surface area (Å²) in [5, 5.41) is 5.91. The predicted molar refractivity (Wildman–Crippen MR) is 95.2 cm³/mol. The Morgan fingerprint density at radius 2 is 2.04 bits per heavy atom. The Kier molecular flexibility index (Phi) is 9.46. The normalized spacial score (nSPS) is 19.7. The summed E-state index contributed by atoms with van der Waals surface area (Å²) in [6, 6.07) is 4.45. The molecule has 1 aromatic carbocycles. The van der Waals surface area contributed by atoms with E-state index < -0.39 is 11.9 Å². The number of carbonyl (C=O) groups excluding carboxylic acids is 1. The zero-order chi connectivity index (χ0) is 15.4. The maximum absolute atomic E-state index is 13.4. The number of carbonyl (C=O) groups is 1. The highest BCUT2D eigenvalue weighted by Crippen LogP contribution is 2.26. The van der Waals surface area contributed by atoms with Gasteiger partial charge in [0.1, 0.15) is 11.9 Å². The largest absolute Gasteiger partial charge is 0.381 e. The van der Waals surface area contributed by atoms with Crippen molar-refractivity contribution in [2.45, 2.75) is 44.9 Å². The molecule has 1 saturated heterocycles. The first kappa shape index (κ1) is 21.9. The van der Waals surface area contributed by atoms with Crippen molar-refractivity contribution in [3.05, 3.63) is 24.0 Å². The monoisotopic (exact) mass is 367 g/mol. The molecule has 23 heavy (non-hydrogen) atoms. The number of halogens is 3. The van der Waals surface area contributed by atoms with E-state index in [-0.39, 0.29) is 42.9 Å². The highest BCUT2D eigenvalue weighted by molar-refractivity contribution is 5.97. The van der Waals surface area contributed by atoms with Crippen LogP contribution in [0.2, 0.25) is 0 Å². The van der Waals surface area contributed by atoms with Gasteiger partial charge in [0.25, 0.3) is 5.91 Å². The van der Waals surface area contributed by atoms with Crippen LogP contribution in [-0.4, -0.2) is 30.7 Å². The average Bonchev–Trinajstić information content (AvgIpc) is 2.90. The van der Waals surface area contributed by atoms with E-state index in [0.717, 1.165) is 6.42 Å². The summed E-state index contributed by atoms with van der Waals surface area (Å²) in [4.78, 5) is 12.2. The molecule has 4 N–H and O–H groups in total. The number of anilines is 2. The van der Waals surface area contributed by atoms with E-state index in [2.05, 4.69) is 10.6 Å². The van der Waals surface area contributed by atoms with Crippen LogP contribution in [-0.2, 0) is 9.53 Å². The van der Waals surface area contributed by atoms with E-state index in [1.165, 1.54) is 12.1 Å². The van der Waals surface area contributed by atoms with Crippen LogP contribution in [0.4, 0.5) is 15.8 Å². The van der Waals surface area contributed by atoms with Gasteiger partial charge in [-0.1, -0.05) is 0 Å². The molecule has 0 bridgehead atoms. The van der Waals surface area contributed by atoms with Crippen LogP contribution < -0.4 is 16.4 Å². The third-order valence-electron chi connectivity index (χ3n) is 3.35. The Morgan fingerprint density at radius 3 is 2.61 bits per heavy atom.